The Kier molecular flexibility index (Phi) is 2.09. The summed E-state index contributed by atoms with van der Waals surface area (Å²) in [5.41, 5.74) is 1.30. The third kappa shape index (κ3) is 1.36. The zero-order valence-corrected chi connectivity index (χ0v) is 7.96. The van der Waals surface area contributed by atoms with Crippen LogP contribution in [0.15, 0.2) is 4.99 Å². The molecule has 0 aromatic rings. The van der Waals surface area contributed by atoms with Crippen LogP contribution >= 0.6 is 11.8 Å². The highest BCUT2D eigenvalue weighted by Gasteiger charge is 2.31. The lowest BCUT2D eigenvalue weighted by atomic mass is 10.2. The molecule has 0 aliphatic carbocycles. The maximum Gasteiger partial charge on any atom is 0.103 e. The molecule has 0 saturated carbocycles. The molecule has 0 aromatic carbocycles. The van der Waals surface area contributed by atoms with Gasteiger partial charge >= 0.3 is 0 Å². The second kappa shape index (κ2) is 2.57. The third-order valence-electron chi connectivity index (χ3n) is 2.09. The quantitative estimate of drug-likeness (QED) is 0.570. The molecule has 0 unspecified atom stereocenters. The first-order chi connectivity index (χ1) is 4.57. The van der Waals surface area contributed by atoms with Crippen molar-refractivity contribution in [1.82, 2.24) is 0 Å². The van der Waals surface area contributed by atoms with E-state index in [-0.39, 0.29) is 4.87 Å². The van der Waals surface area contributed by atoms with E-state index >= 15 is 0 Å². The molecule has 1 nitrogen and oxygen atoms in total. The predicted molar refractivity (Wildman–Crippen MR) is 48.9 cm³/mol. The normalized spacial score (nSPS) is 40.0. The lowest BCUT2D eigenvalue weighted by Gasteiger charge is -2.17. The van der Waals surface area contributed by atoms with Crippen molar-refractivity contribution in [2.45, 2.75) is 44.2 Å². The number of aliphatic imine (C=N–C) groups is 1. The maximum atomic E-state index is 4.60. The molecule has 1 aliphatic rings. The molecule has 10 heavy (non-hydrogen) atoms. The molecular formula is C8H15NS. The monoisotopic (exact) mass is 157 g/mol. The standard InChI is InChI=1S/C8H15NS/c1-5-8(4)9-6(2)7(3)10-8/h7H,5H2,1-4H3/t7-,8+/m0/s1. The number of thioether (sulfide) groups is 1. The van der Waals surface area contributed by atoms with Gasteiger partial charge < -0.3 is 0 Å². The summed E-state index contributed by atoms with van der Waals surface area (Å²) >= 11 is 1.97. The minimum atomic E-state index is 0.184. The molecule has 0 aromatic heterocycles. The van der Waals surface area contributed by atoms with Crippen LogP contribution in [0.2, 0.25) is 0 Å². The highest BCUT2D eigenvalue weighted by molar-refractivity contribution is 8.02. The van der Waals surface area contributed by atoms with Crippen LogP contribution in [0.4, 0.5) is 0 Å². The Morgan fingerprint density at radius 2 is 2.30 bits per heavy atom. The van der Waals surface area contributed by atoms with Gasteiger partial charge in [-0.25, -0.2) is 0 Å². The van der Waals surface area contributed by atoms with Crippen LogP contribution in [0, 0.1) is 0 Å². The van der Waals surface area contributed by atoms with E-state index < -0.39 is 0 Å². The van der Waals surface area contributed by atoms with Gasteiger partial charge in [-0.15, -0.1) is 11.8 Å². The van der Waals surface area contributed by atoms with Gasteiger partial charge in [-0.1, -0.05) is 6.92 Å². The van der Waals surface area contributed by atoms with Crippen molar-refractivity contribution >= 4 is 17.5 Å². The fraction of sp³-hybridized carbons (Fsp3) is 0.875. The minimum Gasteiger partial charge on any atom is -0.276 e. The van der Waals surface area contributed by atoms with Crippen LogP contribution < -0.4 is 0 Å². The summed E-state index contributed by atoms with van der Waals surface area (Å²) in [5, 5.41) is 0.630. The molecular weight excluding hydrogens is 142 g/mol. The van der Waals surface area contributed by atoms with Crippen molar-refractivity contribution in [1.29, 1.82) is 0 Å². The highest BCUT2D eigenvalue weighted by atomic mass is 32.2. The van der Waals surface area contributed by atoms with E-state index in [1.165, 1.54) is 5.71 Å². The fourth-order valence-corrected chi connectivity index (χ4v) is 2.47. The molecule has 0 spiro atoms. The number of hydrogen-bond donors (Lipinski definition) is 0. The van der Waals surface area contributed by atoms with E-state index in [0.29, 0.717) is 5.25 Å². The smallest absolute Gasteiger partial charge is 0.103 e. The Bertz CT molecular complexity index is 165. The highest BCUT2D eigenvalue weighted by Crippen LogP contribution is 2.39. The van der Waals surface area contributed by atoms with Crippen LogP contribution in [0.5, 0.6) is 0 Å². The summed E-state index contributed by atoms with van der Waals surface area (Å²) in [6.07, 6.45) is 1.14. The first-order valence-electron chi connectivity index (χ1n) is 3.81. The first kappa shape index (κ1) is 8.12. The minimum absolute atomic E-state index is 0.184. The van der Waals surface area contributed by atoms with E-state index in [2.05, 4.69) is 32.7 Å². The van der Waals surface area contributed by atoms with E-state index in [4.69, 9.17) is 0 Å². The molecule has 0 amide bonds. The fourth-order valence-electron chi connectivity index (χ4n) is 1.12. The van der Waals surface area contributed by atoms with Gasteiger partial charge in [0.15, 0.2) is 0 Å². The van der Waals surface area contributed by atoms with Gasteiger partial charge in [-0.2, -0.15) is 0 Å². The largest absolute Gasteiger partial charge is 0.276 e. The second-order valence-corrected chi connectivity index (χ2v) is 4.86. The number of nitrogens with zero attached hydrogens (tertiary/aromatic N) is 1. The molecule has 2 heteroatoms. The van der Waals surface area contributed by atoms with Gasteiger partial charge in [0.1, 0.15) is 4.87 Å². The molecule has 2 atom stereocenters. The number of hydrogen-bond acceptors (Lipinski definition) is 2. The van der Waals surface area contributed by atoms with Gasteiger partial charge in [-0.3, -0.25) is 4.99 Å². The van der Waals surface area contributed by atoms with Gasteiger partial charge in [0.05, 0.1) is 0 Å². The van der Waals surface area contributed by atoms with Crippen LogP contribution in [0.1, 0.15) is 34.1 Å². The lowest BCUT2D eigenvalue weighted by Crippen LogP contribution is -2.11. The molecule has 1 aliphatic heterocycles. The Balaban J connectivity index is 2.72. The van der Waals surface area contributed by atoms with Crippen molar-refractivity contribution in [3.8, 4) is 0 Å². The van der Waals surface area contributed by atoms with E-state index in [9.17, 15) is 0 Å². The molecule has 1 heterocycles. The summed E-state index contributed by atoms with van der Waals surface area (Å²) in [4.78, 5) is 4.78. The van der Waals surface area contributed by atoms with Crippen molar-refractivity contribution in [2.24, 2.45) is 4.99 Å². The molecule has 58 valence electrons. The Hall–Kier alpha value is 0.0200. The third-order valence-corrected chi connectivity index (χ3v) is 3.67. The molecule has 0 saturated heterocycles. The summed E-state index contributed by atoms with van der Waals surface area (Å²) in [7, 11) is 0. The zero-order chi connectivity index (χ0) is 7.78. The topological polar surface area (TPSA) is 12.4 Å². The van der Waals surface area contributed by atoms with Crippen molar-refractivity contribution in [3.63, 3.8) is 0 Å². The average molecular weight is 157 g/mol. The Morgan fingerprint density at radius 1 is 1.70 bits per heavy atom. The van der Waals surface area contributed by atoms with Gasteiger partial charge in [0.2, 0.25) is 0 Å². The van der Waals surface area contributed by atoms with Gasteiger partial charge in [0, 0.05) is 11.0 Å². The van der Waals surface area contributed by atoms with E-state index in [1.54, 1.807) is 0 Å². The summed E-state index contributed by atoms with van der Waals surface area (Å²) in [6.45, 7) is 8.76. The average Bonchev–Trinajstić information content (AvgIpc) is 2.10. The van der Waals surface area contributed by atoms with Crippen molar-refractivity contribution in [2.75, 3.05) is 0 Å². The van der Waals surface area contributed by atoms with Crippen LogP contribution in [0.25, 0.3) is 0 Å². The van der Waals surface area contributed by atoms with Crippen LogP contribution in [0.3, 0.4) is 0 Å². The first-order valence-corrected chi connectivity index (χ1v) is 4.69. The Labute approximate surface area is 67.3 Å². The van der Waals surface area contributed by atoms with Crippen LogP contribution in [-0.4, -0.2) is 15.8 Å². The SMILES string of the molecule is CC[C@]1(C)N=C(C)[C@H](C)S1. The Morgan fingerprint density at radius 3 is 2.50 bits per heavy atom. The zero-order valence-electron chi connectivity index (χ0n) is 7.14. The van der Waals surface area contributed by atoms with E-state index in [0.717, 1.165) is 6.42 Å². The summed E-state index contributed by atoms with van der Waals surface area (Å²) in [6, 6.07) is 0. The molecule has 0 bridgehead atoms. The number of rotatable bonds is 1. The van der Waals surface area contributed by atoms with Crippen molar-refractivity contribution < 1.29 is 0 Å². The van der Waals surface area contributed by atoms with Crippen molar-refractivity contribution in [3.05, 3.63) is 0 Å². The molecule has 0 radical (unpaired) electrons. The lowest BCUT2D eigenvalue weighted by molar-refractivity contribution is 0.662. The second-order valence-electron chi connectivity index (χ2n) is 3.04. The maximum absolute atomic E-state index is 4.60. The van der Waals surface area contributed by atoms with E-state index in [1.807, 2.05) is 11.8 Å². The molecule has 0 N–H and O–H groups in total. The summed E-state index contributed by atoms with van der Waals surface area (Å²) in [5.74, 6) is 0. The molecule has 1 rings (SSSR count). The van der Waals surface area contributed by atoms with Gasteiger partial charge in [0.25, 0.3) is 0 Å². The van der Waals surface area contributed by atoms with Gasteiger partial charge in [-0.05, 0) is 27.2 Å². The molecule has 0 fully saturated rings. The predicted octanol–water partition coefficient (Wildman–Crippen LogP) is 2.71. The van der Waals surface area contributed by atoms with Crippen LogP contribution in [-0.2, 0) is 0 Å². The summed E-state index contributed by atoms with van der Waals surface area (Å²) < 4.78 is 0.